The summed E-state index contributed by atoms with van der Waals surface area (Å²) in [6.45, 7) is 3.22. The maximum atomic E-state index is 12.8. The predicted molar refractivity (Wildman–Crippen MR) is 212 cm³/mol. The van der Waals surface area contributed by atoms with Gasteiger partial charge in [-0.05, 0) is 38.5 Å². The summed E-state index contributed by atoms with van der Waals surface area (Å²) in [5, 5.41) is 50.0. The highest BCUT2D eigenvalue weighted by Crippen LogP contribution is 2.47. The van der Waals surface area contributed by atoms with Crippen LogP contribution in [0.1, 0.15) is 168 Å². The van der Waals surface area contributed by atoms with Crippen LogP contribution in [0, 0.1) is 0 Å². The monoisotopic (exact) mass is 806 g/mol. The number of carbonyl (C=O) groups is 2. The third-order valence-corrected chi connectivity index (χ3v) is 10.8. The number of esters is 2. The molecule has 0 spiro atoms. The lowest BCUT2D eigenvalue weighted by Crippen LogP contribution is -2.64. The van der Waals surface area contributed by atoms with Crippen molar-refractivity contribution in [3.8, 4) is 0 Å². The summed E-state index contributed by atoms with van der Waals surface area (Å²) in [6.07, 6.45) is 19.6. The van der Waals surface area contributed by atoms with Gasteiger partial charge in [-0.2, -0.15) is 0 Å². The second-order valence-corrected chi connectivity index (χ2v) is 16.3. The fourth-order valence-corrected chi connectivity index (χ4v) is 7.28. The second-order valence-electron chi connectivity index (χ2n) is 14.8. The summed E-state index contributed by atoms with van der Waals surface area (Å²) in [5.41, 5.74) is 0. The van der Waals surface area contributed by atoms with Crippen molar-refractivity contribution >= 4 is 19.8 Å². The minimum atomic E-state index is -5.11. The smallest absolute Gasteiger partial charge is 0.462 e. The van der Waals surface area contributed by atoms with Crippen LogP contribution in [0.25, 0.3) is 0 Å². The van der Waals surface area contributed by atoms with E-state index in [-0.39, 0.29) is 12.8 Å². The zero-order valence-electron chi connectivity index (χ0n) is 33.7. The maximum Gasteiger partial charge on any atom is 0.472 e. The van der Waals surface area contributed by atoms with Gasteiger partial charge in [0.25, 0.3) is 0 Å². The number of phosphoric ester groups is 1. The number of ether oxygens (including phenoxy) is 2. The van der Waals surface area contributed by atoms with Gasteiger partial charge in [-0.3, -0.25) is 18.6 Å². The molecule has 0 aromatic carbocycles. The van der Waals surface area contributed by atoms with E-state index in [0.29, 0.717) is 12.8 Å². The van der Waals surface area contributed by atoms with E-state index in [2.05, 4.69) is 38.2 Å². The van der Waals surface area contributed by atoms with E-state index < -0.39 is 75.7 Å². The number of hydrogen-bond acceptors (Lipinski definition) is 12. The van der Waals surface area contributed by atoms with Gasteiger partial charge in [0.1, 0.15) is 43.2 Å². The predicted octanol–water partition coefficient (Wildman–Crippen LogP) is 7.28. The zero-order valence-corrected chi connectivity index (χ0v) is 34.6. The van der Waals surface area contributed by atoms with Crippen molar-refractivity contribution in [2.24, 2.45) is 0 Å². The lowest BCUT2D eigenvalue weighted by atomic mass is 9.85. The third-order valence-electron chi connectivity index (χ3n) is 9.80. The number of unbranched alkanes of at least 4 members (excludes halogenated alkanes) is 18. The van der Waals surface area contributed by atoms with E-state index in [1.165, 1.54) is 57.8 Å². The number of phosphoric acid groups is 1. The van der Waals surface area contributed by atoms with Gasteiger partial charge < -0.3 is 39.9 Å². The molecule has 0 heterocycles. The van der Waals surface area contributed by atoms with Crippen LogP contribution in [0.2, 0.25) is 0 Å². The Labute approximate surface area is 330 Å². The molecular formula is C41H75O13P. The molecule has 8 atom stereocenters. The Balaban J connectivity index is 2.51. The van der Waals surface area contributed by atoms with Gasteiger partial charge >= 0.3 is 19.8 Å². The van der Waals surface area contributed by atoms with Gasteiger partial charge in [0.05, 0.1) is 6.61 Å². The summed E-state index contributed by atoms with van der Waals surface area (Å²) in [5.74, 6) is -1.11. The fourth-order valence-electron chi connectivity index (χ4n) is 6.30. The number of allylic oxidation sites excluding steroid dienone is 4. The van der Waals surface area contributed by atoms with E-state index >= 15 is 0 Å². The molecule has 1 rings (SSSR count). The van der Waals surface area contributed by atoms with Crippen LogP contribution in [-0.4, -0.2) is 98.3 Å². The van der Waals surface area contributed by atoms with Crippen molar-refractivity contribution in [1.82, 2.24) is 0 Å². The molecule has 55 heavy (non-hydrogen) atoms. The molecule has 1 aliphatic rings. The molecule has 6 N–H and O–H groups in total. The van der Waals surface area contributed by atoms with E-state index in [1.54, 1.807) is 0 Å². The molecule has 322 valence electrons. The van der Waals surface area contributed by atoms with Crippen molar-refractivity contribution in [2.45, 2.75) is 211 Å². The lowest BCUT2D eigenvalue weighted by Gasteiger charge is -2.41. The van der Waals surface area contributed by atoms with Crippen molar-refractivity contribution in [3.63, 3.8) is 0 Å². The lowest BCUT2D eigenvalue weighted by molar-refractivity contribution is -0.220. The molecule has 1 fully saturated rings. The second kappa shape index (κ2) is 32.3. The first kappa shape index (κ1) is 51.3. The average Bonchev–Trinajstić information content (AvgIpc) is 3.16. The molecule has 0 bridgehead atoms. The summed E-state index contributed by atoms with van der Waals surface area (Å²) in [4.78, 5) is 35.5. The fraction of sp³-hybridized carbons (Fsp3) is 0.854. The standard InChI is InChI=1S/C41H75O13P/c1-3-5-7-9-11-13-15-17-18-20-21-23-25-27-29-34(42)51-31-33(53-35(43)30-28-26-24-22-19-16-14-12-10-8-6-4-2)32-52-55(49,50)54-41-39(47)37(45)36(44)38(46)40(41)48/h9,11,15,17,33,36-41,44-48H,3-8,10,12-14,16,18-32H2,1-2H3,(H,49,50)/b11-9+,17-15+/t33-,36?,37-,38?,39?,40?,41?/m1/s1. The Kier molecular flexibility index (Phi) is 30.2. The van der Waals surface area contributed by atoms with Crippen LogP contribution in [0.3, 0.4) is 0 Å². The number of carbonyl (C=O) groups excluding carboxylic acids is 2. The van der Waals surface area contributed by atoms with Crippen molar-refractivity contribution in [1.29, 1.82) is 0 Å². The van der Waals surface area contributed by atoms with Crippen LogP contribution < -0.4 is 0 Å². The van der Waals surface area contributed by atoms with Crippen LogP contribution >= 0.6 is 7.82 Å². The van der Waals surface area contributed by atoms with Crippen LogP contribution in [0.15, 0.2) is 24.3 Å². The third kappa shape index (κ3) is 25.3. The van der Waals surface area contributed by atoms with E-state index in [1.807, 2.05) is 0 Å². The minimum Gasteiger partial charge on any atom is -0.462 e. The molecule has 0 aromatic heterocycles. The van der Waals surface area contributed by atoms with E-state index in [0.717, 1.165) is 70.6 Å². The number of rotatable bonds is 34. The van der Waals surface area contributed by atoms with Gasteiger partial charge in [-0.25, -0.2) is 4.57 Å². The molecule has 14 heteroatoms. The van der Waals surface area contributed by atoms with Gasteiger partial charge in [0.15, 0.2) is 6.10 Å². The minimum absolute atomic E-state index is 0.0968. The van der Waals surface area contributed by atoms with Gasteiger partial charge in [-0.15, -0.1) is 0 Å². The summed E-state index contributed by atoms with van der Waals surface area (Å²) in [6, 6.07) is 0. The molecule has 0 aliphatic heterocycles. The van der Waals surface area contributed by atoms with E-state index in [4.69, 9.17) is 18.5 Å². The summed E-state index contributed by atoms with van der Waals surface area (Å²) < 4.78 is 33.4. The van der Waals surface area contributed by atoms with Crippen molar-refractivity contribution in [2.75, 3.05) is 13.2 Å². The van der Waals surface area contributed by atoms with Gasteiger partial charge in [-0.1, -0.05) is 141 Å². The zero-order chi connectivity index (χ0) is 40.7. The molecule has 13 nitrogen and oxygen atoms in total. The van der Waals surface area contributed by atoms with Gasteiger partial charge in [0.2, 0.25) is 0 Å². The Morgan fingerprint density at radius 2 is 1.00 bits per heavy atom. The topological polar surface area (TPSA) is 210 Å². The van der Waals surface area contributed by atoms with Crippen LogP contribution in [0.4, 0.5) is 0 Å². The normalized spacial score (nSPS) is 23.3. The van der Waals surface area contributed by atoms with Crippen LogP contribution in [0.5, 0.6) is 0 Å². The number of aliphatic hydroxyl groups is 5. The molecule has 1 aliphatic carbocycles. The highest BCUT2D eigenvalue weighted by atomic mass is 31.2. The molecule has 6 unspecified atom stereocenters. The highest BCUT2D eigenvalue weighted by molar-refractivity contribution is 7.47. The molecule has 0 aromatic rings. The van der Waals surface area contributed by atoms with Crippen molar-refractivity contribution < 1.29 is 63.1 Å². The first-order valence-electron chi connectivity index (χ1n) is 21.1. The van der Waals surface area contributed by atoms with Gasteiger partial charge in [0, 0.05) is 12.8 Å². The molecular weight excluding hydrogens is 731 g/mol. The Bertz CT molecular complexity index is 1070. The molecule has 1 saturated carbocycles. The first-order chi connectivity index (χ1) is 26.4. The number of aliphatic hydroxyl groups excluding tert-OH is 5. The van der Waals surface area contributed by atoms with Crippen molar-refractivity contribution in [3.05, 3.63) is 24.3 Å². The quantitative estimate of drug-likeness (QED) is 0.0164. The Morgan fingerprint density at radius 1 is 0.564 bits per heavy atom. The van der Waals surface area contributed by atoms with E-state index in [9.17, 15) is 44.6 Å². The molecule has 0 radical (unpaired) electrons. The van der Waals surface area contributed by atoms with Crippen LogP contribution in [-0.2, 0) is 32.7 Å². The first-order valence-corrected chi connectivity index (χ1v) is 22.6. The summed E-state index contributed by atoms with van der Waals surface area (Å²) >= 11 is 0. The largest absolute Gasteiger partial charge is 0.472 e. The average molecular weight is 807 g/mol. The molecule has 0 amide bonds. The molecule has 0 saturated heterocycles. The summed E-state index contributed by atoms with van der Waals surface area (Å²) in [7, 11) is -5.11. The maximum absolute atomic E-state index is 12.8. The Hall–Kier alpha value is -1.67. The number of hydrogen-bond donors (Lipinski definition) is 6. The Morgan fingerprint density at radius 3 is 1.53 bits per heavy atom. The SMILES string of the molecule is CCCC/C=C/C/C=C/CCCCCCCC(=O)OC[C@H](COP(=O)(O)OC1C(O)C(O)C(O)[C@@H](O)C1O)OC(=O)CCCCCCCCCCCCCC. The highest BCUT2D eigenvalue weighted by Gasteiger charge is 2.51.